The van der Waals surface area contributed by atoms with Crippen molar-refractivity contribution in [1.82, 2.24) is 0 Å². The van der Waals surface area contributed by atoms with Gasteiger partial charge >= 0.3 is 0 Å². The lowest BCUT2D eigenvalue weighted by Gasteiger charge is -2.10. The average Bonchev–Trinajstić information content (AvgIpc) is 2.50. The Morgan fingerprint density at radius 1 is 1.58 bits per heavy atom. The Morgan fingerprint density at radius 3 is 2.67 bits per heavy atom. The SMILES string of the molecule is C[C@H](O)[C@H](N)c1ccc(CO)o1. The van der Waals surface area contributed by atoms with Gasteiger partial charge in [-0.25, -0.2) is 0 Å². The van der Waals surface area contributed by atoms with Crippen LogP contribution in [0.1, 0.15) is 24.5 Å². The van der Waals surface area contributed by atoms with Gasteiger partial charge in [0.25, 0.3) is 0 Å². The van der Waals surface area contributed by atoms with Gasteiger partial charge in [-0.05, 0) is 19.1 Å². The summed E-state index contributed by atoms with van der Waals surface area (Å²) in [6.45, 7) is 1.44. The molecule has 1 aromatic heterocycles. The topological polar surface area (TPSA) is 79.6 Å². The molecule has 4 nitrogen and oxygen atoms in total. The maximum Gasteiger partial charge on any atom is 0.129 e. The molecule has 2 atom stereocenters. The fraction of sp³-hybridized carbons (Fsp3) is 0.500. The van der Waals surface area contributed by atoms with E-state index in [9.17, 15) is 0 Å². The van der Waals surface area contributed by atoms with E-state index in [2.05, 4.69) is 0 Å². The van der Waals surface area contributed by atoms with Crippen LogP contribution in [0.25, 0.3) is 0 Å². The van der Waals surface area contributed by atoms with Gasteiger partial charge in [-0.3, -0.25) is 0 Å². The first-order valence-electron chi connectivity index (χ1n) is 3.78. The van der Waals surface area contributed by atoms with E-state index in [0.717, 1.165) is 0 Å². The van der Waals surface area contributed by atoms with Crippen LogP contribution in [0.5, 0.6) is 0 Å². The smallest absolute Gasteiger partial charge is 0.129 e. The molecule has 4 N–H and O–H groups in total. The van der Waals surface area contributed by atoms with Crippen LogP contribution in [0, 0.1) is 0 Å². The molecule has 12 heavy (non-hydrogen) atoms. The zero-order chi connectivity index (χ0) is 9.14. The van der Waals surface area contributed by atoms with Gasteiger partial charge in [0, 0.05) is 0 Å². The molecule has 0 aliphatic rings. The summed E-state index contributed by atoms with van der Waals surface area (Å²) in [7, 11) is 0. The van der Waals surface area contributed by atoms with Crippen molar-refractivity contribution in [1.29, 1.82) is 0 Å². The minimum Gasteiger partial charge on any atom is -0.462 e. The second-order valence-corrected chi connectivity index (χ2v) is 2.73. The van der Waals surface area contributed by atoms with Gasteiger partial charge in [0.05, 0.1) is 12.1 Å². The molecule has 68 valence electrons. The predicted molar refractivity (Wildman–Crippen MR) is 43.2 cm³/mol. The number of rotatable bonds is 3. The average molecular weight is 171 g/mol. The number of aliphatic hydroxyl groups is 2. The van der Waals surface area contributed by atoms with Crippen LogP contribution < -0.4 is 5.73 Å². The quantitative estimate of drug-likeness (QED) is 0.605. The molecule has 1 rings (SSSR count). The van der Waals surface area contributed by atoms with Gasteiger partial charge in [0.2, 0.25) is 0 Å². The molecule has 0 saturated heterocycles. The summed E-state index contributed by atoms with van der Waals surface area (Å²) >= 11 is 0. The van der Waals surface area contributed by atoms with E-state index in [4.69, 9.17) is 20.4 Å². The zero-order valence-electron chi connectivity index (χ0n) is 6.90. The molecule has 4 heteroatoms. The maximum absolute atomic E-state index is 9.11. The molecule has 0 aliphatic heterocycles. The highest BCUT2D eigenvalue weighted by Crippen LogP contribution is 2.17. The van der Waals surface area contributed by atoms with Crippen molar-refractivity contribution in [3.63, 3.8) is 0 Å². The lowest BCUT2D eigenvalue weighted by Crippen LogP contribution is -2.22. The standard InChI is InChI=1S/C8H13NO3/c1-5(11)8(9)7-3-2-6(4-10)12-7/h2-3,5,8,10-11H,4,9H2,1H3/t5-,8-/m0/s1. The summed E-state index contributed by atoms with van der Waals surface area (Å²) in [6.07, 6.45) is -0.650. The minimum atomic E-state index is -0.650. The number of aliphatic hydroxyl groups excluding tert-OH is 2. The highest BCUT2D eigenvalue weighted by molar-refractivity contribution is 5.10. The third kappa shape index (κ3) is 1.85. The number of hydrogen-bond acceptors (Lipinski definition) is 4. The summed E-state index contributed by atoms with van der Waals surface area (Å²) in [4.78, 5) is 0. The summed E-state index contributed by atoms with van der Waals surface area (Å²) in [5.74, 6) is 0.954. The number of nitrogens with two attached hydrogens (primary N) is 1. The molecule has 0 bridgehead atoms. The van der Waals surface area contributed by atoms with E-state index in [-0.39, 0.29) is 6.61 Å². The highest BCUT2D eigenvalue weighted by Gasteiger charge is 2.15. The molecule has 0 amide bonds. The summed E-state index contributed by atoms with van der Waals surface area (Å²) in [5.41, 5.74) is 5.58. The van der Waals surface area contributed by atoms with Gasteiger partial charge in [-0.1, -0.05) is 0 Å². The summed E-state index contributed by atoms with van der Waals surface area (Å²) in [6, 6.07) is 2.77. The fourth-order valence-corrected chi connectivity index (χ4v) is 0.896. The minimum absolute atomic E-state index is 0.146. The van der Waals surface area contributed by atoms with Gasteiger partial charge in [-0.2, -0.15) is 0 Å². The van der Waals surface area contributed by atoms with E-state index in [0.29, 0.717) is 11.5 Å². The molecule has 0 unspecified atom stereocenters. The van der Waals surface area contributed by atoms with Crippen LogP contribution in [0.15, 0.2) is 16.5 Å². The lowest BCUT2D eigenvalue weighted by molar-refractivity contribution is 0.150. The Bertz CT molecular complexity index is 244. The van der Waals surface area contributed by atoms with E-state index < -0.39 is 12.1 Å². The molecular weight excluding hydrogens is 158 g/mol. The van der Waals surface area contributed by atoms with Crippen LogP contribution in [0.4, 0.5) is 0 Å². The Labute approximate surface area is 70.6 Å². The maximum atomic E-state index is 9.11. The van der Waals surface area contributed by atoms with E-state index >= 15 is 0 Å². The largest absolute Gasteiger partial charge is 0.462 e. The van der Waals surface area contributed by atoms with Crippen LogP contribution >= 0.6 is 0 Å². The van der Waals surface area contributed by atoms with Gasteiger partial charge in [0.1, 0.15) is 18.1 Å². The molecule has 0 aromatic carbocycles. The molecule has 0 radical (unpaired) electrons. The van der Waals surface area contributed by atoms with Crippen molar-refractivity contribution in [3.05, 3.63) is 23.7 Å². The van der Waals surface area contributed by atoms with Gasteiger partial charge < -0.3 is 20.4 Å². The van der Waals surface area contributed by atoms with Crippen molar-refractivity contribution in [2.45, 2.75) is 25.7 Å². The van der Waals surface area contributed by atoms with E-state index in [1.54, 1.807) is 19.1 Å². The van der Waals surface area contributed by atoms with E-state index in [1.807, 2.05) is 0 Å². The van der Waals surface area contributed by atoms with Crippen molar-refractivity contribution in [2.24, 2.45) is 5.73 Å². The third-order valence-electron chi connectivity index (χ3n) is 1.69. The highest BCUT2D eigenvalue weighted by atomic mass is 16.4. The van der Waals surface area contributed by atoms with Gasteiger partial charge in [0.15, 0.2) is 0 Å². The number of hydrogen-bond donors (Lipinski definition) is 3. The van der Waals surface area contributed by atoms with Crippen LogP contribution in [-0.4, -0.2) is 16.3 Å². The molecule has 1 heterocycles. The number of furan rings is 1. The first-order chi connectivity index (χ1) is 5.65. The van der Waals surface area contributed by atoms with Crippen molar-refractivity contribution in [3.8, 4) is 0 Å². The third-order valence-corrected chi connectivity index (χ3v) is 1.69. The molecular formula is C8H13NO3. The summed E-state index contributed by atoms with van der Waals surface area (Å²) < 4.78 is 5.12. The summed E-state index contributed by atoms with van der Waals surface area (Å²) in [5, 5.41) is 17.8. The first kappa shape index (κ1) is 9.25. The Morgan fingerprint density at radius 2 is 2.25 bits per heavy atom. The van der Waals surface area contributed by atoms with E-state index in [1.165, 1.54) is 0 Å². The van der Waals surface area contributed by atoms with Crippen molar-refractivity contribution >= 4 is 0 Å². The Hall–Kier alpha value is -0.840. The monoisotopic (exact) mass is 171 g/mol. The lowest BCUT2D eigenvalue weighted by atomic mass is 10.1. The van der Waals surface area contributed by atoms with Crippen molar-refractivity contribution < 1.29 is 14.6 Å². The molecule has 0 aliphatic carbocycles. The second-order valence-electron chi connectivity index (χ2n) is 2.73. The van der Waals surface area contributed by atoms with Crippen molar-refractivity contribution in [2.75, 3.05) is 0 Å². The molecule has 0 fully saturated rings. The molecule has 0 saturated carbocycles. The molecule has 1 aromatic rings. The van der Waals surface area contributed by atoms with Gasteiger partial charge in [-0.15, -0.1) is 0 Å². The molecule has 0 spiro atoms. The zero-order valence-corrected chi connectivity index (χ0v) is 6.90. The normalized spacial score (nSPS) is 16.0. The predicted octanol–water partition coefficient (Wildman–Crippen LogP) is 0.153. The Balaban J connectivity index is 2.74. The van der Waals surface area contributed by atoms with Crippen LogP contribution in [0.2, 0.25) is 0 Å². The fourth-order valence-electron chi connectivity index (χ4n) is 0.896. The Kier molecular flexibility index (Phi) is 2.86. The van der Waals surface area contributed by atoms with Crippen LogP contribution in [0.3, 0.4) is 0 Å². The van der Waals surface area contributed by atoms with Crippen LogP contribution in [-0.2, 0) is 6.61 Å². The first-order valence-corrected chi connectivity index (χ1v) is 3.78. The second kappa shape index (κ2) is 3.71.